The summed E-state index contributed by atoms with van der Waals surface area (Å²) in [6, 6.07) is 0. The molecule has 0 aromatic carbocycles. The molecule has 1 saturated heterocycles. The summed E-state index contributed by atoms with van der Waals surface area (Å²) in [5.41, 5.74) is 0.902. The van der Waals surface area contributed by atoms with Crippen LogP contribution in [0.5, 0.6) is 0 Å². The maximum Gasteiger partial charge on any atom is 0.195 e. The van der Waals surface area contributed by atoms with Gasteiger partial charge in [0.1, 0.15) is 5.69 Å². The lowest BCUT2D eigenvalue weighted by Crippen LogP contribution is -2.23. The van der Waals surface area contributed by atoms with Crippen LogP contribution in [0.15, 0.2) is 5.38 Å². The second-order valence-electron chi connectivity index (χ2n) is 4.83. The highest BCUT2D eigenvalue weighted by atomic mass is 32.1. The summed E-state index contributed by atoms with van der Waals surface area (Å²) in [4.78, 5) is 7.11. The van der Waals surface area contributed by atoms with E-state index in [9.17, 15) is 0 Å². The van der Waals surface area contributed by atoms with Crippen LogP contribution in [0.25, 0.3) is 11.5 Å². The van der Waals surface area contributed by atoms with Crippen LogP contribution in [0.3, 0.4) is 0 Å². The Bertz CT molecular complexity index is 604. The SMILES string of the molecule is Cn1c(-c2csc(N3CCCCCC3)n2)n[nH]c1=S. The number of nitrogens with one attached hydrogen (secondary N) is 1. The summed E-state index contributed by atoms with van der Waals surface area (Å²) in [5.74, 6) is 0.808. The molecule has 1 aliphatic heterocycles. The zero-order valence-corrected chi connectivity index (χ0v) is 12.6. The maximum atomic E-state index is 5.13. The number of rotatable bonds is 2. The first-order chi connectivity index (χ1) is 9.25. The van der Waals surface area contributed by atoms with E-state index in [1.807, 2.05) is 11.6 Å². The smallest absolute Gasteiger partial charge is 0.195 e. The van der Waals surface area contributed by atoms with Crippen LogP contribution in [0.2, 0.25) is 0 Å². The van der Waals surface area contributed by atoms with Crippen molar-refractivity contribution < 1.29 is 0 Å². The van der Waals surface area contributed by atoms with Crippen molar-refractivity contribution in [3.8, 4) is 11.5 Å². The molecule has 0 aliphatic carbocycles. The van der Waals surface area contributed by atoms with Crippen LogP contribution in [-0.2, 0) is 7.05 Å². The molecule has 102 valence electrons. The fraction of sp³-hybridized carbons (Fsp3) is 0.583. The molecule has 19 heavy (non-hydrogen) atoms. The highest BCUT2D eigenvalue weighted by molar-refractivity contribution is 7.71. The van der Waals surface area contributed by atoms with Gasteiger partial charge in [-0.05, 0) is 25.1 Å². The topological polar surface area (TPSA) is 49.7 Å². The van der Waals surface area contributed by atoms with Gasteiger partial charge in [0.2, 0.25) is 0 Å². The number of hydrogen-bond donors (Lipinski definition) is 1. The van der Waals surface area contributed by atoms with Gasteiger partial charge in [-0.15, -0.1) is 11.3 Å². The molecule has 0 saturated carbocycles. The highest BCUT2D eigenvalue weighted by Crippen LogP contribution is 2.27. The molecule has 2 aromatic heterocycles. The van der Waals surface area contributed by atoms with Crippen molar-refractivity contribution in [2.45, 2.75) is 25.7 Å². The Balaban J connectivity index is 1.86. The van der Waals surface area contributed by atoms with Crippen molar-refractivity contribution in [3.63, 3.8) is 0 Å². The first-order valence-corrected chi connectivity index (χ1v) is 7.87. The van der Waals surface area contributed by atoms with Gasteiger partial charge in [-0.1, -0.05) is 12.8 Å². The zero-order valence-electron chi connectivity index (χ0n) is 10.9. The fourth-order valence-corrected chi connectivity index (χ4v) is 3.34. The molecule has 1 aliphatic rings. The second-order valence-corrected chi connectivity index (χ2v) is 6.05. The van der Waals surface area contributed by atoms with Gasteiger partial charge in [0.25, 0.3) is 0 Å². The Morgan fingerprint density at radius 1 is 1.26 bits per heavy atom. The predicted molar refractivity (Wildman–Crippen MR) is 80.2 cm³/mol. The zero-order chi connectivity index (χ0) is 13.2. The second kappa shape index (κ2) is 5.42. The number of aromatic amines is 1. The summed E-state index contributed by atoms with van der Waals surface area (Å²) >= 11 is 6.83. The average molecular weight is 295 g/mol. The lowest BCUT2D eigenvalue weighted by molar-refractivity contribution is 0.726. The molecule has 5 nitrogen and oxygen atoms in total. The standard InChI is InChI=1S/C12H17N5S2/c1-16-10(14-15-11(16)18)9-8-19-12(13-9)17-6-4-2-3-5-7-17/h8H,2-7H2,1H3,(H,15,18). The van der Waals surface area contributed by atoms with Crippen molar-refractivity contribution >= 4 is 28.7 Å². The van der Waals surface area contributed by atoms with Gasteiger partial charge in [-0.25, -0.2) is 4.98 Å². The van der Waals surface area contributed by atoms with E-state index >= 15 is 0 Å². The molecule has 2 aromatic rings. The van der Waals surface area contributed by atoms with Crippen molar-refractivity contribution in [2.75, 3.05) is 18.0 Å². The third-order valence-corrected chi connectivity index (χ3v) is 4.74. The van der Waals surface area contributed by atoms with E-state index in [1.54, 1.807) is 11.3 Å². The maximum absolute atomic E-state index is 5.13. The minimum Gasteiger partial charge on any atom is -0.348 e. The summed E-state index contributed by atoms with van der Waals surface area (Å²) < 4.78 is 2.48. The van der Waals surface area contributed by atoms with Crippen LogP contribution >= 0.6 is 23.6 Å². The van der Waals surface area contributed by atoms with E-state index in [4.69, 9.17) is 17.2 Å². The quantitative estimate of drug-likeness (QED) is 0.865. The van der Waals surface area contributed by atoms with Crippen molar-refractivity contribution in [2.24, 2.45) is 7.05 Å². The average Bonchev–Trinajstić information content (AvgIpc) is 2.90. The molecule has 0 unspecified atom stereocenters. The van der Waals surface area contributed by atoms with E-state index in [1.165, 1.54) is 25.7 Å². The number of H-pyrrole nitrogens is 1. The molecule has 7 heteroatoms. The van der Waals surface area contributed by atoms with Gasteiger partial charge in [-0.2, -0.15) is 5.10 Å². The minimum atomic E-state index is 0.624. The third kappa shape index (κ3) is 2.57. The Morgan fingerprint density at radius 3 is 2.63 bits per heavy atom. The van der Waals surface area contributed by atoms with E-state index in [0.717, 1.165) is 29.7 Å². The van der Waals surface area contributed by atoms with E-state index in [0.29, 0.717) is 4.77 Å². The predicted octanol–water partition coefficient (Wildman–Crippen LogP) is 2.98. The number of aromatic nitrogens is 4. The third-order valence-electron chi connectivity index (χ3n) is 3.48. The van der Waals surface area contributed by atoms with Crippen molar-refractivity contribution in [3.05, 3.63) is 10.2 Å². The summed E-state index contributed by atoms with van der Waals surface area (Å²) in [6.45, 7) is 2.23. The van der Waals surface area contributed by atoms with Gasteiger partial charge in [-0.3, -0.25) is 5.10 Å². The lowest BCUT2D eigenvalue weighted by Gasteiger charge is -2.18. The summed E-state index contributed by atoms with van der Waals surface area (Å²) in [5, 5.41) is 10.2. The minimum absolute atomic E-state index is 0.624. The number of anilines is 1. The number of nitrogens with zero attached hydrogens (tertiary/aromatic N) is 4. The molecule has 0 bridgehead atoms. The van der Waals surface area contributed by atoms with Gasteiger partial charge in [0, 0.05) is 25.5 Å². The number of hydrogen-bond acceptors (Lipinski definition) is 5. The Kier molecular flexibility index (Phi) is 3.65. The van der Waals surface area contributed by atoms with Crippen molar-refractivity contribution in [1.82, 2.24) is 19.7 Å². The van der Waals surface area contributed by atoms with E-state index in [2.05, 4.69) is 20.5 Å². The largest absolute Gasteiger partial charge is 0.348 e. The lowest BCUT2D eigenvalue weighted by atomic mass is 10.2. The van der Waals surface area contributed by atoms with Crippen LogP contribution < -0.4 is 4.90 Å². The van der Waals surface area contributed by atoms with Crippen LogP contribution in [-0.4, -0.2) is 32.8 Å². The summed E-state index contributed by atoms with van der Waals surface area (Å²) in [7, 11) is 1.91. The van der Waals surface area contributed by atoms with Gasteiger partial charge in [0.05, 0.1) is 0 Å². The van der Waals surface area contributed by atoms with Gasteiger partial charge >= 0.3 is 0 Å². The molecule has 0 radical (unpaired) electrons. The van der Waals surface area contributed by atoms with Gasteiger partial charge in [0.15, 0.2) is 15.7 Å². The molecule has 0 spiro atoms. The normalized spacial score (nSPS) is 16.6. The first kappa shape index (κ1) is 12.8. The molecule has 0 amide bonds. The van der Waals surface area contributed by atoms with Crippen LogP contribution in [0.1, 0.15) is 25.7 Å². The highest BCUT2D eigenvalue weighted by Gasteiger charge is 2.16. The van der Waals surface area contributed by atoms with E-state index < -0.39 is 0 Å². The van der Waals surface area contributed by atoms with Gasteiger partial charge < -0.3 is 9.47 Å². The molecule has 1 N–H and O–H groups in total. The first-order valence-electron chi connectivity index (χ1n) is 6.58. The monoisotopic (exact) mass is 295 g/mol. The Hall–Kier alpha value is -1.21. The Morgan fingerprint density at radius 2 is 2.00 bits per heavy atom. The molecular formula is C12H17N5S2. The molecule has 0 atom stereocenters. The molecule has 1 fully saturated rings. The molecule has 3 rings (SSSR count). The van der Waals surface area contributed by atoms with E-state index in [-0.39, 0.29) is 0 Å². The van der Waals surface area contributed by atoms with Crippen LogP contribution in [0, 0.1) is 4.77 Å². The number of thiazole rings is 1. The summed E-state index contributed by atoms with van der Waals surface area (Å²) in [6.07, 6.45) is 5.20. The van der Waals surface area contributed by atoms with Crippen LogP contribution in [0.4, 0.5) is 5.13 Å². The Labute approximate surface area is 121 Å². The molecule has 3 heterocycles. The van der Waals surface area contributed by atoms with Crippen molar-refractivity contribution in [1.29, 1.82) is 0 Å². The molecular weight excluding hydrogens is 278 g/mol. The fourth-order valence-electron chi connectivity index (χ4n) is 2.35.